The van der Waals surface area contributed by atoms with E-state index >= 15 is 0 Å². The van der Waals surface area contributed by atoms with Crippen LogP contribution in [0.25, 0.3) is 0 Å². The highest BCUT2D eigenvalue weighted by Gasteiger charge is 2.44. The van der Waals surface area contributed by atoms with Crippen molar-refractivity contribution in [2.24, 2.45) is 0 Å². The topological polar surface area (TPSA) is 57.6 Å². The van der Waals surface area contributed by atoms with Crippen LogP contribution in [0, 0.1) is 0 Å². The molecule has 1 rings (SSSR count). The van der Waals surface area contributed by atoms with Crippen LogP contribution in [0.3, 0.4) is 0 Å². The van der Waals surface area contributed by atoms with Crippen LogP contribution < -0.4 is 0 Å². The fourth-order valence-electron chi connectivity index (χ4n) is 1.55. The lowest BCUT2D eigenvalue weighted by molar-refractivity contribution is -0.187. The molecule has 0 aliphatic rings. The second kappa shape index (κ2) is 7.35. The maximum absolute atomic E-state index is 12.3. The molecule has 0 unspecified atom stereocenters. The predicted molar refractivity (Wildman–Crippen MR) is 72.9 cm³/mol. The van der Waals surface area contributed by atoms with Crippen LogP contribution in [0.1, 0.15) is 5.56 Å². The van der Waals surface area contributed by atoms with E-state index in [4.69, 9.17) is 5.11 Å². The molecule has 0 bridgehead atoms. The van der Waals surface area contributed by atoms with Gasteiger partial charge in [0.15, 0.2) is 0 Å². The molecule has 0 aliphatic heterocycles. The highest BCUT2D eigenvalue weighted by molar-refractivity contribution is 7.98. The van der Waals surface area contributed by atoms with Crippen molar-refractivity contribution < 1.29 is 27.9 Å². The van der Waals surface area contributed by atoms with Crippen LogP contribution in [0.2, 0.25) is 0 Å². The molecule has 0 saturated heterocycles. The molecule has 0 spiro atoms. The van der Waals surface area contributed by atoms with Crippen molar-refractivity contribution in [2.45, 2.75) is 18.0 Å². The second-order valence-electron chi connectivity index (χ2n) is 4.27. The van der Waals surface area contributed by atoms with Crippen molar-refractivity contribution in [3.8, 4) is 0 Å². The standard InChI is InChI=1S/C13H14F3NO3S/c1-17(12(20)13(14,15)16)10(11(18)19)8-21-7-9-5-3-2-4-6-9/h2-6,10H,7-8H2,1H3,(H,18,19)/t10-/m0/s1. The van der Waals surface area contributed by atoms with Crippen LogP contribution in [-0.2, 0) is 15.3 Å². The van der Waals surface area contributed by atoms with E-state index in [1.165, 1.54) is 0 Å². The number of carboxylic acids is 1. The van der Waals surface area contributed by atoms with E-state index in [1.54, 1.807) is 0 Å². The first-order chi connectivity index (χ1) is 9.73. The minimum Gasteiger partial charge on any atom is -0.480 e. The van der Waals surface area contributed by atoms with Crippen LogP contribution in [0.5, 0.6) is 0 Å². The third-order valence-corrected chi connectivity index (χ3v) is 3.79. The molecule has 0 aliphatic carbocycles. The van der Waals surface area contributed by atoms with E-state index < -0.39 is 24.1 Å². The van der Waals surface area contributed by atoms with Gasteiger partial charge in [-0.3, -0.25) is 4.79 Å². The summed E-state index contributed by atoms with van der Waals surface area (Å²) in [6.45, 7) is 0. The van der Waals surface area contributed by atoms with E-state index in [1.807, 2.05) is 30.3 Å². The Morgan fingerprint density at radius 2 is 1.86 bits per heavy atom. The molecule has 21 heavy (non-hydrogen) atoms. The van der Waals surface area contributed by atoms with Gasteiger partial charge in [-0.2, -0.15) is 24.9 Å². The first-order valence-corrected chi connectivity index (χ1v) is 7.07. The number of alkyl halides is 3. The molecule has 1 aromatic rings. The van der Waals surface area contributed by atoms with Gasteiger partial charge < -0.3 is 10.0 Å². The van der Waals surface area contributed by atoms with Crippen LogP contribution in [0.15, 0.2) is 30.3 Å². The zero-order valence-corrected chi connectivity index (χ0v) is 11.9. The summed E-state index contributed by atoms with van der Waals surface area (Å²) >= 11 is 1.16. The Kier molecular flexibility index (Phi) is 6.07. The first-order valence-electron chi connectivity index (χ1n) is 5.92. The molecule has 116 valence electrons. The average molecular weight is 321 g/mol. The smallest absolute Gasteiger partial charge is 0.471 e. The summed E-state index contributed by atoms with van der Waals surface area (Å²) in [5, 5.41) is 8.98. The molecule has 0 saturated carbocycles. The van der Waals surface area contributed by atoms with Crippen LogP contribution in [0.4, 0.5) is 13.2 Å². The average Bonchev–Trinajstić information content (AvgIpc) is 2.42. The molecule has 0 radical (unpaired) electrons. The van der Waals surface area contributed by atoms with E-state index in [0.717, 1.165) is 24.4 Å². The van der Waals surface area contributed by atoms with Gasteiger partial charge in [0.1, 0.15) is 6.04 Å². The summed E-state index contributed by atoms with van der Waals surface area (Å²) in [5.41, 5.74) is 0.927. The SMILES string of the molecule is CN(C(=O)C(F)(F)F)[C@@H](CSCc1ccccc1)C(=O)O. The number of carbonyl (C=O) groups is 2. The maximum atomic E-state index is 12.3. The number of amides is 1. The summed E-state index contributed by atoms with van der Waals surface area (Å²) < 4.78 is 37.0. The summed E-state index contributed by atoms with van der Waals surface area (Å²) in [7, 11) is 0.845. The summed E-state index contributed by atoms with van der Waals surface area (Å²) in [4.78, 5) is 22.3. The number of rotatable bonds is 6. The van der Waals surface area contributed by atoms with Crippen molar-refractivity contribution >= 4 is 23.6 Å². The Hall–Kier alpha value is -1.70. The number of carbonyl (C=O) groups excluding carboxylic acids is 1. The molecule has 1 N–H and O–H groups in total. The molecule has 0 heterocycles. The van der Waals surface area contributed by atoms with E-state index in [2.05, 4.69) is 0 Å². The monoisotopic (exact) mass is 321 g/mol. The van der Waals surface area contributed by atoms with Gasteiger partial charge in [-0.25, -0.2) is 4.79 Å². The molecule has 1 aromatic carbocycles. The summed E-state index contributed by atoms with van der Waals surface area (Å²) in [5.74, 6) is -3.29. The lowest BCUT2D eigenvalue weighted by Gasteiger charge is -2.25. The van der Waals surface area contributed by atoms with Crippen molar-refractivity contribution in [1.29, 1.82) is 0 Å². The highest BCUT2D eigenvalue weighted by atomic mass is 32.2. The normalized spacial score (nSPS) is 12.8. The largest absolute Gasteiger partial charge is 0.480 e. The van der Waals surface area contributed by atoms with Crippen LogP contribution >= 0.6 is 11.8 Å². The molecular weight excluding hydrogens is 307 g/mol. The van der Waals surface area contributed by atoms with Gasteiger partial charge in [-0.1, -0.05) is 30.3 Å². The number of nitrogens with zero attached hydrogens (tertiary/aromatic N) is 1. The number of halogens is 3. The van der Waals surface area contributed by atoms with Crippen molar-refractivity contribution in [2.75, 3.05) is 12.8 Å². The van der Waals surface area contributed by atoms with Crippen LogP contribution in [-0.4, -0.2) is 46.9 Å². The minimum atomic E-state index is -5.08. The molecular formula is C13H14F3NO3S. The van der Waals surface area contributed by atoms with Gasteiger partial charge in [0.05, 0.1) is 0 Å². The lowest BCUT2D eigenvalue weighted by atomic mass is 10.2. The fraction of sp³-hybridized carbons (Fsp3) is 0.385. The van der Waals surface area contributed by atoms with Crippen molar-refractivity contribution in [3.05, 3.63) is 35.9 Å². The quantitative estimate of drug-likeness (QED) is 0.874. The third kappa shape index (κ3) is 5.30. The van der Waals surface area contributed by atoms with Crippen molar-refractivity contribution in [1.82, 2.24) is 4.90 Å². The molecule has 4 nitrogen and oxygen atoms in total. The lowest BCUT2D eigenvalue weighted by Crippen LogP contribution is -2.49. The Bertz CT molecular complexity index is 493. The second-order valence-corrected chi connectivity index (χ2v) is 5.30. The number of aliphatic carboxylic acids is 1. The number of thioether (sulfide) groups is 1. The Labute approximate surface area is 123 Å². The molecule has 1 atom stereocenters. The highest BCUT2D eigenvalue weighted by Crippen LogP contribution is 2.21. The minimum absolute atomic E-state index is 0.122. The van der Waals surface area contributed by atoms with Crippen molar-refractivity contribution in [3.63, 3.8) is 0 Å². The van der Waals surface area contributed by atoms with Gasteiger partial charge >= 0.3 is 18.1 Å². The number of likely N-dealkylation sites (N-methyl/N-ethyl adjacent to an activating group) is 1. The molecule has 0 fully saturated rings. The summed E-state index contributed by atoms with van der Waals surface area (Å²) in [6, 6.07) is 7.58. The molecule has 8 heteroatoms. The van der Waals surface area contributed by atoms with Gasteiger partial charge in [-0.15, -0.1) is 0 Å². The third-order valence-electron chi connectivity index (χ3n) is 2.70. The molecule has 1 amide bonds. The van der Waals surface area contributed by atoms with Gasteiger partial charge in [-0.05, 0) is 5.56 Å². The van der Waals surface area contributed by atoms with E-state index in [9.17, 15) is 22.8 Å². The fourth-order valence-corrected chi connectivity index (χ4v) is 2.69. The maximum Gasteiger partial charge on any atom is 0.471 e. The van der Waals surface area contributed by atoms with Gasteiger partial charge in [0.2, 0.25) is 0 Å². The number of carboxylic acid groups (broad SMARTS) is 1. The molecule has 0 aromatic heterocycles. The van der Waals surface area contributed by atoms with E-state index in [0.29, 0.717) is 5.75 Å². The first kappa shape index (κ1) is 17.4. The Morgan fingerprint density at radius 1 is 1.29 bits per heavy atom. The summed E-state index contributed by atoms with van der Waals surface area (Å²) in [6.07, 6.45) is -5.08. The van der Waals surface area contributed by atoms with Gasteiger partial charge in [0, 0.05) is 18.6 Å². The zero-order chi connectivity index (χ0) is 16.0. The number of hydrogen-bond acceptors (Lipinski definition) is 3. The number of benzene rings is 1. The Morgan fingerprint density at radius 3 is 2.33 bits per heavy atom. The predicted octanol–water partition coefficient (Wildman–Crippen LogP) is 2.39. The van der Waals surface area contributed by atoms with Gasteiger partial charge in [0.25, 0.3) is 0 Å². The Balaban J connectivity index is 2.62. The zero-order valence-electron chi connectivity index (χ0n) is 11.1. The number of hydrogen-bond donors (Lipinski definition) is 1. The van der Waals surface area contributed by atoms with E-state index in [-0.39, 0.29) is 10.7 Å².